The van der Waals surface area contributed by atoms with E-state index < -0.39 is 23.5 Å². The number of hydrazone groups is 1. The molecule has 0 bridgehead atoms. The van der Waals surface area contributed by atoms with Crippen molar-refractivity contribution in [3.8, 4) is 0 Å². The summed E-state index contributed by atoms with van der Waals surface area (Å²) in [6.45, 7) is 1.31. The van der Waals surface area contributed by atoms with Crippen LogP contribution in [0.4, 0.5) is 24.9 Å². The molecule has 3 aliphatic rings. The molecule has 2 aliphatic heterocycles. The van der Waals surface area contributed by atoms with Crippen LogP contribution in [0.2, 0.25) is 0 Å². The van der Waals surface area contributed by atoms with Gasteiger partial charge in [-0.25, -0.2) is 23.2 Å². The van der Waals surface area contributed by atoms with Gasteiger partial charge in [0.2, 0.25) is 11.9 Å². The predicted octanol–water partition coefficient (Wildman–Crippen LogP) is 2.90. The number of carbonyl (C=O) groups excluding carboxylic acids is 1. The number of halogens is 3. The Morgan fingerprint density at radius 2 is 1.84 bits per heavy atom. The predicted molar refractivity (Wildman–Crippen MR) is 107 cm³/mol. The number of rotatable bonds is 3. The Labute approximate surface area is 176 Å². The molecule has 162 valence electrons. The van der Waals surface area contributed by atoms with E-state index in [1.165, 1.54) is 5.01 Å². The summed E-state index contributed by atoms with van der Waals surface area (Å²) in [5.41, 5.74) is 5.69. The molecule has 1 aromatic heterocycles. The van der Waals surface area contributed by atoms with Crippen molar-refractivity contribution >= 4 is 23.9 Å². The van der Waals surface area contributed by atoms with Crippen LogP contribution in [0.5, 0.6) is 0 Å². The maximum Gasteiger partial charge on any atom is 0.246 e. The quantitative estimate of drug-likeness (QED) is 0.809. The average molecular weight is 430 g/mol. The van der Waals surface area contributed by atoms with E-state index in [2.05, 4.69) is 15.1 Å². The first kappa shape index (κ1) is 19.8. The molecule has 0 spiro atoms. The topological polar surface area (TPSA) is 87.7 Å². The Kier molecular flexibility index (Phi) is 4.79. The van der Waals surface area contributed by atoms with Crippen LogP contribution in [0.25, 0.3) is 0 Å². The highest BCUT2D eigenvalue weighted by Crippen LogP contribution is 2.44. The monoisotopic (exact) mass is 430 g/mol. The third-order valence-corrected chi connectivity index (χ3v) is 6.51. The second-order valence-corrected chi connectivity index (χ2v) is 8.39. The van der Waals surface area contributed by atoms with E-state index >= 15 is 0 Å². The van der Waals surface area contributed by atoms with Crippen LogP contribution in [0.3, 0.4) is 0 Å². The zero-order valence-corrected chi connectivity index (χ0v) is 16.6. The maximum atomic E-state index is 14.3. The molecule has 3 unspecified atom stereocenters. The minimum Gasteiger partial charge on any atom is -0.381 e. The van der Waals surface area contributed by atoms with E-state index in [4.69, 9.17) is 5.73 Å². The molecule has 1 aromatic carbocycles. The zero-order chi connectivity index (χ0) is 21.7. The number of nitrogen functional groups attached to an aromatic ring is 1. The number of nitrogens with two attached hydrogens (primary N) is 1. The van der Waals surface area contributed by atoms with Crippen LogP contribution in [0.15, 0.2) is 29.5 Å². The van der Waals surface area contributed by atoms with Crippen molar-refractivity contribution in [2.75, 3.05) is 23.7 Å². The van der Waals surface area contributed by atoms with E-state index in [1.54, 1.807) is 6.21 Å². The lowest BCUT2D eigenvalue weighted by Crippen LogP contribution is -2.33. The van der Waals surface area contributed by atoms with Crippen molar-refractivity contribution in [1.29, 1.82) is 0 Å². The lowest BCUT2D eigenvalue weighted by Gasteiger charge is -2.26. The number of hydrogen-bond donors (Lipinski definition) is 1. The van der Waals surface area contributed by atoms with Crippen molar-refractivity contribution in [2.45, 2.75) is 25.3 Å². The van der Waals surface area contributed by atoms with Gasteiger partial charge in [-0.2, -0.15) is 10.1 Å². The lowest BCUT2D eigenvalue weighted by molar-refractivity contribution is -0.137. The van der Waals surface area contributed by atoms with E-state index in [0.29, 0.717) is 38.3 Å². The number of anilines is 2. The second-order valence-electron chi connectivity index (χ2n) is 8.39. The molecular formula is C21H21F3N6O. The number of nitrogens with zero attached hydrogens (tertiary/aromatic N) is 5. The van der Waals surface area contributed by atoms with Crippen molar-refractivity contribution in [3.05, 3.63) is 47.4 Å². The van der Waals surface area contributed by atoms with Crippen molar-refractivity contribution in [3.63, 3.8) is 0 Å². The highest BCUT2D eigenvalue weighted by atomic mass is 19.1. The van der Waals surface area contributed by atoms with Crippen molar-refractivity contribution in [1.82, 2.24) is 15.0 Å². The summed E-state index contributed by atoms with van der Waals surface area (Å²) in [6.07, 6.45) is 4.32. The normalized spacial score (nSPS) is 27.2. The average Bonchev–Trinajstić information content (AvgIpc) is 3.46. The molecule has 1 aliphatic carbocycles. The van der Waals surface area contributed by atoms with Gasteiger partial charge < -0.3 is 10.6 Å². The van der Waals surface area contributed by atoms with Crippen molar-refractivity contribution < 1.29 is 18.0 Å². The molecule has 7 nitrogen and oxygen atoms in total. The molecule has 0 radical (unpaired) electrons. The van der Waals surface area contributed by atoms with Gasteiger partial charge in [-0.05, 0) is 42.9 Å². The third kappa shape index (κ3) is 3.49. The highest BCUT2D eigenvalue weighted by molar-refractivity contribution is 5.82. The minimum atomic E-state index is -0.649. The summed E-state index contributed by atoms with van der Waals surface area (Å²) in [7, 11) is 0. The summed E-state index contributed by atoms with van der Waals surface area (Å²) in [6, 6.07) is 2.63. The largest absolute Gasteiger partial charge is 0.381 e. The van der Waals surface area contributed by atoms with Gasteiger partial charge in [-0.1, -0.05) is 0 Å². The lowest BCUT2D eigenvalue weighted by atomic mass is 10.00. The van der Waals surface area contributed by atoms with Crippen molar-refractivity contribution in [2.24, 2.45) is 22.9 Å². The molecule has 10 heteroatoms. The maximum absolute atomic E-state index is 14.3. The van der Waals surface area contributed by atoms with E-state index in [0.717, 1.165) is 24.4 Å². The van der Waals surface area contributed by atoms with Gasteiger partial charge in [0.05, 0.1) is 12.2 Å². The van der Waals surface area contributed by atoms with Gasteiger partial charge in [-0.3, -0.25) is 4.79 Å². The van der Waals surface area contributed by atoms with Crippen LogP contribution in [0.1, 0.15) is 30.9 Å². The fourth-order valence-electron chi connectivity index (χ4n) is 5.03. The Morgan fingerprint density at radius 1 is 1.10 bits per heavy atom. The van der Waals surface area contributed by atoms with Crippen LogP contribution in [-0.4, -0.2) is 40.2 Å². The van der Waals surface area contributed by atoms with Gasteiger partial charge in [-0.15, -0.1) is 0 Å². The zero-order valence-electron chi connectivity index (χ0n) is 16.6. The van der Waals surface area contributed by atoms with Gasteiger partial charge >= 0.3 is 0 Å². The summed E-state index contributed by atoms with van der Waals surface area (Å²) < 4.78 is 41.3. The molecule has 5 rings (SSSR count). The summed E-state index contributed by atoms with van der Waals surface area (Å²) in [5.74, 6) is -1.40. The van der Waals surface area contributed by atoms with Gasteiger partial charge in [0.1, 0.15) is 11.6 Å². The molecule has 2 aromatic rings. The first-order chi connectivity index (χ1) is 14.9. The summed E-state index contributed by atoms with van der Waals surface area (Å²) >= 11 is 0. The summed E-state index contributed by atoms with van der Waals surface area (Å²) in [5, 5.41) is 5.48. The second kappa shape index (κ2) is 7.51. The number of amides is 1. The first-order valence-corrected chi connectivity index (χ1v) is 10.2. The fourth-order valence-corrected chi connectivity index (χ4v) is 5.03. The molecular weight excluding hydrogens is 409 g/mol. The molecule has 31 heavy (non-hydrogen) atoms. The Bertz CT molecular complexity index is 1050. The molecule has 1 saturated heterocycles. The standard InChI is InChI=1S/C21H21F3N6O/c22-14-1-2-16(23)15(7-14)18-3-4-27-30(18)20(31)11-5-12-9-29(10-13(12)6-11)21-26-8-17(24)19(25)28-21/h1-2,4,7-8,11-13,18H,3,5-6,9-10H2,(H2,25,26,28). The number of hydrogen-bond acceptors (Lipinski definition) is 6. The van der Waals surface area contributed by atoms with Crippen LogP contribution >= 0.6 is 0 Å². The van der Waals surface area contributed by atoms with Crippen LogP contribution in [-0.2, 0) is 4.79 Å². The number of benzene rings is 1. The van der Waals surface area contributed by atoms with Gasteiger partial charge in [0, 0.05) is 37.2 Å². The SMILES string of the molecule is Nc1nc(N2CC3CC(C(=O)N4N=CCC4c4cc(F)ccc4F)CC3C2)ncc1F. The molecule has 1 amide bonds. The van der Waals surface area contributed by atoms with E-state index in [9.17, 15) is 18.0 Å². The molecule has 2 fully saturated rings. The molecule has 1 saturated carbocycles. The van der Waals surface area contributed by atoms with E-state index in [1.807, 2.05) is 4.90 Å². The third-order valence-electron chi connectivity index (χ3n) is 6.51. The molecule has 3 heterocycles. The van der Waals surface area contributed by atoms with Gasteiger partial charge in [0.25, 0.3) is 0 Å². The van der Waals surface area contributed by atoms with Crippen LogP contribution < -0.4 is 10.6 Å². The van der Waals surface area contributed by atoms with Crippen LogP contribution in [0, 0.1) is 35.2 Å². The van der Waals surface area contributed by atoms with E-state index in [-0.39, 0.29) is 35.0 Å². The Balaban J connectivity index is 1.27. The number of fused-ring (bicyclic) bond motifs is 1. The first-order valence-electron chi connectivity index (χ1n) is 10.2. The molecule has 2 N–H and O–H groups in total. The summed E-state index contributed by atoms with van der Waals surface area (Å²) in [4.78, 5) is 23.2. The number of carbonyl (C=O) groups is 1. The highest BCUT2D eigenvalue weighted by Gasteiger charge is 2.46. The minimum absolute atomic E-state index is 0.140. The van der Waals surface area contributed by atoms with Gasteiger partial charge in [0.15, 0.2) is 11.6 Å². The number of aromatic nitrogens is 2. The Hall–Kier alpha value is -3.17. The fraction of sp³-hybridized carbons (Fsp3) is 0.429. The smallest absolute Gasteiger partial charge is 0.246 e. The molecule has 3 atom stereocenters. The Morgan fingerprint density at radius 3 is 2.55 bits per heavy atom.